The van der Waals surface area contributed by atoms with Crippen molar-refractivity contribution < 1.29 is 0 Å². The van der Waals surface area contributed by atoms with E-state index in [4.69, 9.17) is 0 Å². The zero-order chi connectivity index (χ0) is 26.4. The van der Waals surface area contributed by atoms with Crippen LogP contribution >= 0.6 is 0 Å². The van der Waals surface area contributed by atoms with Gasteiger partial charge in [-0.25, -0.2) is 0 Å². The summed E-state index contributed by atoms with van der Waals surface area (Å²) in [6, 6.07) is 28.1. The lowest BCUT2D eigenvalue weighted by Crippen LogP contribution is -2.45. The fourth-order valence-electron chi connectivity index (χ4n) is 8.15. The Morgan fingerprint density at radius 2 is 1.55 bits per heavy atom. The van der Waals surface area contributed by atoms with E-state index in [-0.39, 0.29) is 5.41 Å². The van der Waals surface area contributed by atoms with Crippen LogP contribution in [0.5, 0.6) is 0 Å². The number of hydrogen-bond acceptors (Lipinski definition) is 1. The minimum Gasteiger partial charge on any atom is -0.337 e. The smallest absolute Gasteiger partial charge is 0.0534 e. The van der Waals surface area contributed by atoms with Gasteiger partial charge in [0.1, 0.15) is 0 Å². The summed E-state index contributed by atoms with van der Waals surface area (Å²) in [5.41, 5.74) is 10.0. The highest BCUT2D eigenvalue weighted by atomic mass is 15.2. The molecule has 0 spiro atoms. The standard InChI is InChI=1S/C36H40N2/c1-23-18-20-35(3,4)31-27-14-7-9-16-29(27)37(33(23)31)25-12-11-13-26(22-25)38-30-17-10-8-15-28(30)32-34(38)24(2)19-21-36(32,5)6/h7-18,20,22-24,32,34H,19,21H2,1-6H3. The summed E-state index contributed by atoms with van der Waals surface area (Å²) in [7, 11) is 0. The van der Waals surface area contributed by atoms with Gasteiger partial charge in [-0.15, -0.1) is 0 Å². The molecule has 1 saturated carbocycles. The molecule has 38 heavy (non-hydrogen) atoms. The van der Waals surface area contributed by atoms with Gasteiger partial charge in [-0.05, 0) is 65.6 Å². The molecule has 0 radical (unpaired) electrons. The number of hydrogen-bond donors (Lipinski definition) is 0. The van der Waals surface area contributed by atoms with Crippen molar-refractivity contribution >= 4 is 22.3 Å². The summed E-state index contributed by atoms with van der Waals surface area (Å²) in [6.07, 6.45) is 7.38. The molecule has 2 nitrogen and oxygen atoms in total. The normalized spacial score (nSPS) is 26.7. The maximum Gasteiger partial charge on any atom is 0.0534 e. The molecule has 7 rings (SSSR count). The second kappa shape index (κ2) is 8.12. The van der Waals surface area contributed by atoms with Crippen LogP contribution in [0.4, 0.5) is 11.4 Å². The van der Waals surface area contributed by atoms with Gasteiger partial charge >= 0.3 is 0 Å². The quantitative estimate of drug-likeness (QED) is 0.249. The molecule has 4 atom stereocenters. The Bertz CT molecular complexity index is 1580. The Morgan fingerprint density at radius 1 is 0.816 bits per heavy atom. The summed E-state index contributed by atoms with van der Waals surface area (Å²) in [5, 5.41) is 1.38. The van der Waals surface area contributed by atoms with Crippen LogP contribution in [0, 0.1) is 11.3 Å². The minimum absolute atomic E-state index is 0.00847. The first kappa shape index (κ1) is 23.8. The lowest BCUT2D eigenvalue weighted by Gasteiger charge is -2.47. The zero-order valence-corrected chi connectivity index (χ0v) is 23.7. The van der Waals surface area contributed by atoms with Crippen molar-refractivity contribution in [2.75, 3.05) is 4.90 Å². The van der Waals surface area contributed by atoms with Gasteiger partial charge in [-0.2, -0.15) is 0 Å². The fraction of sp³-hybridized carbons (Fsp3) is 0.389. The van der Waals surface area contributed by atoms with E-state index in [1.54, 1.807) is 0 Å². The van der Waals surface area contributed by atoms with Gasteiger partial charge in [-0.1, -0.05) is 96.2 Å². The maximum absolute atomic E-state index is 2.69. The van der Waals surface area contributed by atoms with Crippen LogP contribution in [0.25, 0.3) is 16.6 Å². The van der Waals surface area contributed by atoms with E-state index >= 15 is 0 Å². The maximum atomic E-state index is 2.69. The molecule has 4 unspecified atom stereocenters. The minimum atomic E-state index is 0.00847. The first-order chi connectivity index (χ1) is 18.2. The number of benzene rings is 3. The predicted octanol–water partition coefficient (Wildman–Crippen LogP) is 9.64. The van der Waals surface area contributed by atoms with Crippen LogP contribution in [-0.2, 0) is 5.41 Å². The van der Waals surface area contributed by atoms with Gasteiger partial charge in [0.15, 0.2) is 0 Å². The van der Waals surface area contributed by atoms with Crippen LogP contribution in [-0.4, -0.2) is 10.6 Å². The number of aromatic nitrogens is 1. The molecule has 1 aliphatic heterocycles. The van der Waals surface area contributed by atoms with E-state index < -0.39 is 0 Å². The summed E-state index contributed by atoms with van der Waals surface area (Å²) in [5.74, 6) is 1.57. The van der Waals surface area contributed by atoms with Gasteiger partial charge in [0.25, 0.3) is 0 Å². The molecule has 0 N–H and O–H groups in total. The number of allylic oxidation sites excluding steroid dienone is 2. The zero-order valence-electron chi connectivity index (χ0n) is 23.7. The van der Waals surface area contributed by atoms with Crippen LogP contribution < -0.4 is 4.90 Å². The molecule has 0 saturated heterocycles. The summed E-state index contributed by atoms with van der Waals surface area (Å²) in [6.45, 7) is 14.5. The van der Waals surface area contributed by atoms with E-state index in [2.05, 4.69) is 136 Å². The lowest BCUT2D eigenvalue weighted by molar-refractivity contribution is 0.144. The molecule has 0 bridgehead atoms. The Hall–Kier alpha value is -3.26. The summed E-state index contributed by atoms with van der Waals surface area (Å²) < 4.78 is 2.55. The van der Waals surface area contributed by atoms with E-state index in [0.717, 1.165) is 0 Å². The van der Waals surface area contributed by atoms with Crippen LogP contribution in [0.3, 0.4) is 0 Å². The van der Waals surface area contributed by atoms with Gasteiger partial charge in [-0.3, -0.25) is 0 Å². The fourth-order valence-corrected chi connectivity index (χ4v) is 8.15. The topological polar surface area (TPSA) is 8.17 Å². The number of rotatable bonds is 2. The van der Waals surface area contributed by atoms with E-state index in [1.807, 2.05) is 0 Å². The van der Waals surface area contributed by atoms with Crippen LogP contribution in [0.1, 0.15) is 83.0 Å². The van der Waals surface area contributed by atoms with Crippen LogP contribution in [0.15, 0.2) is 84.9 Å². The average molecular weight is 501 g/mol. The third kappa shape index (κ3) is 3.25. The number of fused-ring (bicyclic) bond motifs is 6. The van der Waals surface area contributed by atoms with Crippen molar-refractivity contribution in [3.05, 3.63) is 102 Å². The van der Waals surface area contributed by atoms with Crippen molar-refractivity contribution in [2.24, 2.45) is 11.3 Å². The van der Waals surface area contributed by atoms with E-state index in [9.17, 15) is 0 Å². The molecule has 4 aromatic rings. The molecule has 194 valence electrons. The molecular formula is C36H40N2. The molecule has 3 aliphatic rings. The number of anilines is 2. The third-order valence-corrected chi connectivity index (χ3v) is 9.99. The molecule has 2 aliphatic carbocycles. The summed E-state index contributed by atoms with van der Waals surface area (Å²) in [4.78, 5) is 2.69. The Kier molecular flexibility index (Phi) is 5.09. The molecule has 1 fully saturated rings. The highest BCUT2D eigenvalue weighted by Gasteiger charge is 2.51. The number of para-hydroxylation sites is 2. The average Bonchev–Trinajstić information content (AvgIpc) is 3.45. The predicted molar refractivity (Wildman–Crippen MR) is 161 cm³/mol. The second-order valence-electron chi connectivity index (χ2n) is 13.4. The van der Waals surface area contributed by atoms with Crippen molar-refractivity contribution in [2.45, 2.75) is 77.7 Å². The molecule has 2 heteroatoms. The Labute approximate surface area is 228 Å². The van der Waals surface area contributed by atoms with Gasteiger partial charge in [0, 0.05) is 51.4 Å². The van der Waals surface area contributed by atoms with Crippen molar-refractivity contribution in [3.63, 3.8) is 0 Å². The lowest BCUT2D eigenvalue weighted by atomic mass is 9.62. The van der Waals surface area contributed by atoms with Gasteiger partial charge in [0.05, 0.1) is 5.52 Å². The SMILES string of the molecule is CC1C=CC(C)(C)c2c1n(-c1cccc(N3c4ccccc4C4C3C(C)CCC4(C)C)c1)c1ccccc21. The first-order valence-corrected chi connectivity index (χ1v) is 14.5. The van der Waals surface area contributed by atoms with Crippen molar-refractivity contribution in [1.82, 2.24) is 4.57 Å². The largest absolute Gasteiger partial charge is 0.337 e. The van der Waals surface area contributed by atoms with Crippen molar-refractivity contribution in [3.8, 4) is 5.69 Å². The first-order valence-electron chi connectivity index (χ1n) is 14.5. The van der Waals surface area contributed by atoms with Crippen LogP contribution in [0.2, 0.25) is 0 Å². The van der Waals surface area contributed by atoms with Gasteiger partial charge in [0.2, 0.25) is 0 Å². The van der Waals surface area contributed by atoms with E-state index in [1.165, 1.54) is 57.6 Å². The monoisotopic (exact) mass is 500 g/mol. The number of nitrogens with zero attached hydrogens (tertiary/aromatic N) is 2. The van der Waals surface area contributed by atoms with E-state index in [0.29, 0.717) is 29.2 Å². The highest BCUT2D eigenvalue weighted by Crippen LogP contribution is 2.59. The summed E-state index contributed by atoms with van der Waals surface area (Å²) >= 11 is 0. The highest BCUT2D eigenvalue weighted by molar-refractivity contribution is 5.90. The molecule has 3 aromatic carbocycles. The molecule has 2 heterocycles. The van der Waals surface area contributed by atoms with Crippen molar-refractivity contribution in [1.29, 1.82) is 0 Å². The second-order valence-corrected chi connectivity index (χ2v) is 13.4. The Morgan fingerprint density at radius 3 is 2.39 bits per heavy atom. The van der Waals surface area contributed by atoms with Gasteiger partial charge < -0.3 is 9.47 Å². The molecule has 0 amide bonds. The Balaban J connectivity index is 1.44. The third-order valence-electron chi connectivity index (χ3n) is 9.99. The molecule has 1 aromatic heterocycles. The molecular weight excluding hydrogens is 460 g/mol.